The molecule has 8 heteroatoms. The molecule has 2 aromatic heterocycles. The van der Waals surface area contributed by atoms with Gasteiger partial charge in [0.15, 0.2) is 15.0 Å². The van der Waals surface area contributed by atoms with Crippen LogP contribution in [0.4, 0.5) is 5.13 Å². The van der Waals surface area contributed by atoms with Crippen molar-refractivity contribution in [2.24, 2.45) is 5.92 Å². The van der Waals surface area contributed by atoms with Crippen molar-refractivity contribution >= 4 is 32.2 Å². The lowest BCUT2D eigenvalue weighted by Gasteiger charge is -2.25. The molecule has 1 aliphatic rings. The van der Waals surface area contributed by atoms with Gasteiger partial charge in [-0.3, -0.25) is 15.1 Å². The summed E-state index contributed by atoms with van der Waals surface area (Å²) in [6.07, 6.45) is 7.80. The van der Waals surface area contributed by atoms with Crippen molar-refractivity contribution in [2.75, 3.05) is 11.6 Å². The number of nitrogens with zero attached hydrogens (tertiary/aromatic N) is 2. The van der Waals surface area contributed by atoms with Crippen LogP contribution in [0.15, 0.2) is 52.5 Å². The lowest BCUT2D eigenvalue weighted by molar-refractivity contribution is 0.102. The van der Waals surface area contributed by atoms with E-state index in [1.807, 2.05) is 19.2 Å². The van der Waals surface area contributed by atoms with Crippen LogP contribution in [0.5, 0.6) is 0 Å². The van der Waals surface area contributed by atoms with Gasteiger partial charge in [-0.1, -0.05) is 18.6 Å². The molecule has 2 heterocycles. The Hall–Kier alpha value is -2.32. The number of carbonyl (C=O) groups is 1. The van der Waals surface area contributed by atoms with Crippen molar-refractivity contribution in [2.45, 2.75) is 19.8 Å². The van der Waals surface area contributed by atoms with E-state index in [2.05, 4.69) is 15.3 Å². The highest BCUT2D eigenvalue weighted by Gasteiger charge is 2.28. The van der Waals surface area contributed by atoms with E-state index < -0.39 is 9.84 Å². The molecule has 26 heavy (non-hydrogen) atoms. The monoisotopic (exact) mass is 389 g/mol. The van der Waals surface area contributed by atoms with E-state index in [9.17, 15) is 13.2 Å². The number of carbonyl (C=O) groups excluding carboxylic acids is 1. The molecule has 0 bridgehead atoms. The van der Waals surface area contributed by atoms with E-state index in [1.165, 1.54) is 17.6 Å². The molecule has 1 amide bonds. The Morgan fingerprint density at radius 2 is 1.96 bits per heavy atom. The number of sulfone groups is 1. The van der Waals surface area contributed by atoms with Crippen molar-refractivity contribution in [3.8, 4) is 0 Å². The maximum atomic E-state index is 12.2. The van der Waals surface area contributed by atoms with Crippen LogP contribution < -0.4 is 5.32 Å². The summed E-state index contributed by atoms with van der Waals surface area (Å²) in [4.78, 5) is 21.0. The third-order valence-corrected chi connectivity index (χ3v) is 6.13. The molecule has 0 fully saturated rings. The predicted molar refractivity (Wildman–Crippen MR) is 103 cm³/mol. The minimum atomic E-state index is -3.23. The number of amides is 1. The van der Waals surface area contributed by atoms with Crippen LogP contribution in [0.2, 0.25) is 0 Å². The second kappa shape index (κ2) is 7.13. The number of pyridine rings is 1. The molecule has 0 spiro atoms. The molecular weight excluding hydrogens is 370 g/mol. The normalized spacial score (nSPS) is 20.3. The second-order valence-corrected chi connectivity index (χ2v) is 9.21. The first kappa shape index (κ1) is 18.5. The fourth-order valence-electron chi connectivity index (χ4n) is 3.02. The molecule has 0 saturated heterocycles. The predicted octanol–water partition coefficient (Wildman–Crippen LogP) is 3.40. The molecule has 0 aliphatic heterocycles. The molecule has 2 unspecified atom stereocenters. The summed E-state index contributed by atoms with van der Waals surface area (Å²) in [6, 6.07) is 3.27. The molecule has 1 N–H and O–H groups in total. The lowest BCUT2D eigenvalue weighted by Crippen LogP contribution is -2.17. The van der Waals surface area contributed by atoms with Crippen molar-refractivity contribution in [1.29, 1.82) is 0 Å². The Kier molecular flexibility index (Phi) is 5.06. The summed E-state index contributed by atoms with van der Waals surface area (Å²) in [5.41, 5.74) is 2.28. The maximum absolute atomic E-state index is 12.2. The molecule has 136 valence electrons. The van der Waals surface area contributed by atoms with E-state index in [0.29, 0.717) is 15.6 Å². The zero-order valence-corrected chi connectivity index (χ0v) is 16.3. The highest BCUT2D eigenvalue weighted by atomic mass is 32.2. The fourth-order valence-corrected chi connectivity index (χ4v) is 4.63. The molecule has 0 saturated carbocycles. The van der Waals surface area contributed by atoms with Crippen LogP contribution in [0.1, 0.15) is 35.8 Å². The van der Waals surface area contributed by atoms with Crippen LogP contribution in [0.25, 0.3) is 0 Å². The third kappa shape index (κ3) is 3.91. The summed E-state index contributed by atoms with van der Waals surface area (Å²) < 4.78 is 23.6. The van der Waals surface area contributed by atoms with Gasteiger partial charge < -0.3 is 0 Å². The van der Waals surface area contributed by atoms with Gasteiger partial charge in [0.2, 0.25) is 0 Å². The molecule has 0 aromatic carbocycles. The average Bonchev–Trinajstić information content (AvgIpc) is 3.02. The zero-order valence-electron chi connectivity index (χ0n) is 14.6. The number of aromatic nitrogens is 2. The van der Waals surface area contributed by atoms with Gasteiger partial charge in [0.25, 0.3) is 5.91 Å². The number of hydrogen-bond acceptors (Lipinski definition) is 6. The minimum Gasteiger partial charge on any atom is -0.298 e. The fraction of sp³-hybridized carbons (Fsp3) is 0.278. The van der Waals surface area contributed by atoms with E-state index in [4.69, 9.17) is 0 Å². The third-order valence-electron chi connectivity index (χ3n) is 4.25. The first-order valence-electron chi connectivity index (χ1n) is 8.02. The second-order valence-electron chi connectivity index (χ2n) is 6.33. The van der Waals surface area contributed by atoms with E-state index in [1.54, 1.807) is 36.7 Å². The van der Waals surface area contributed by atoms with Crippen molar-refractivity contribution in [3.63, 3.8) is 0 Å². The highest BCUT2D eigenvalue weighted by Crippen LogP contribution is 2.39. The van der Waals surface area contributed by atoms with Gasteiger partial charge >= 0.3 is 0 Å². The smallest absolute Gasteiger partial charge is 0.257 e. The van der Waals surface area contributed by atoms with Crippen molar-refractivity contribution in [3.05, 3.63) is 63.8 Å². The number of thiazole rings is 1. The maximum Gasteiger partial charge on any atom is 0.257 e. The van der Waals surface area contributed by atoms with E-state index >= 15 is 0 Å². The van der Waals surface area contributed by atoms with E-state index in [0.717, 1.165) is 11.3 Å². The average molecular weight is 390 g/mol. The molecule has 3 rings (SSSR count). The molecule has 6 nitrogen and oxygen atoms in total. The van der Waals surface area contributed by atoms with Crippen LogP contribution >= 0.6 is 11.3 Å². The number of rotatable bonds is 4. The van der Waals surface area contributed by atoms with Crippen molar-refractivity contribution in [1.82, 2.24) is 9.97 Å². The topological polar surface area (TPSA) is 89.0 Å². The van der Waals surface area contributed by atoms with Gasteiger partial charge in [0.05, 0.1) is 10.6 Å². The van der Waals surface area contributed by atoms with Crippen LogP contribution in [0, 0.1) is 5.92 Å². The van der Waals surface area contributed by atoms with Crippen molar-refractivity contribution < 1.29 is 13.2 Å². The van der Waals surface area contributed by atoms with Gasteiger partial charge in [-0.2, -0.15) is 0 Å². The quantitative estimate of drug-likeness (QED) is 0.866. The van der Waals surface area contributed by atoms with Crippen LogP contribution in [-0.4, -0.2) is 30.5 Å². The summed E-state index contributed by atoms with van der Waals surface area (Å²) in [5.74, 6) is -0.254. The van der Waals surface area contributed by atoms with Gasteiger partial charge in [-0.15, -0.1) is 11.3 Å². The molecular formula is C18H19N3O3S2. The molecule has 0 radical (unpaired) electrons. The number of nitrogens with one attached hydrogen (secondary N) is 1. The van der Waals surface area contributed by atoms with Gasteiger partial charge in [-0.05, 0) is 31.1 Å². The largest absolute Gasteiger partial charge is 0.298 e. The summed E-state index contributed by atoms with van der Waals surface area (Å²) in [5, 5.41) is 5.21. The standard InChI is InChI=1S/C18H19N3O3S2/c1-11-8-14(26(3,23)24)9-12(2)16(11)15-10-25-18(20-15)21-17(22)13-4-6-19-7-5-13/h4-11,16H,1-3H3,(H,20,21,22). The van der Waals surface area contributed by atoms with Crippen LogP contribution in [-0.2, 0) is 9.84 Å². The van der Waals surface area contributed by atoms with E-state index in [-0.39, 0.29) is 17.7 Å². The lowest BCUT2D eigenvalue weighted by atomic mass is 9.82. The Bertz CT molecular complexity index is 992. The summed E-state index contributed by atoms with van der Waals surface area (Å²) in [6.45, 7) is 3.88. The van der Waals surface area contributed by atoms with Gasteiger partial charge in [0, 0.05) is 35.5 Å². The SMILES string of the molecule is CC1=CC(S(C)(=O)=O)=CC(C)C1c1csc(NC(=O)c2ccncc2)n1. The minimum absolute atomic E-state index is 0.00410. The number of allylic oxidation sites excluding steroid dienone is 3. The van der Waals surface area contributed by atoms with Gasteiger partial charge in [-0.25, -0.2) is 13.4 Å². The Labute approximate surface area is 156 Å². The first-order chi connectivity index (χ1) is 12.3. The Balaban J connectivity index is 1.79. The van der Waals surface area contributed by atoms with Gasteiger partial charge in [0.1, 0.15) is 0 Å². The Morgan fingerprint density at radius 1 is 1.27 bits per heavy atom. The number of hydrogen-bond donors (Lipinski definition) is 1. The molecule has 2 atom stereocenters. The summed E-state index contributed by atoms with van der Waals surface area (Å²) in [7, 11) is -3.23. The van der Waals surface area contributed by atoms with Crippen LogP contribution in [0.3, 0.4) is 0 Å². The highest BCUT2D eigenvalue weighted by molar-refractivity contribution is 7.94. The zero-order chi connectivity index (χ0) is 18.9. The Morgan fingerprint density at radius 3 is 2.58 bits per heavy atom. The molecule has 1 aliphatic carbocycles. The number of anilines is 1. The first-order valence-corrected chi connectivity index (χ1v) is 10.8. The molecule has 2 aromatic rings. The summed E-state index contributed by atoms with van der Waals surface area (Å²) >= 11 is 1.35.